The van der Waals surface area contributed by atoms with Crippen molar-refractivity contribution in [3.63, 3.8) is 0 Å². The van der Waals surface area contributed by atoms with E-state index in [4.69, 9.17) is 30.4 Å². The normalized spacial score (nSPS) is 21.1. The molecule has 4 amide bonds. The van der Waals surface area contributed by atoms with Crippen LogP contribution in [0, 0.1) is 20.2 Å². The maximum absolute atomic E-state index is 13.8. The van der Waals surface area contributed by atoms with Crippen molar-refractivity contribution in [3.8, 4) is 0 Å². The molecule has 8 aliphatic heterocycles. The highest BCUT2D eigenvalue weighted by Crippen LogP contribution is 2.52. The largest absolute Gasteiger partial charge is 0.444 e. The first-order valence-electron chi connectivity index (χ1n) is 49.4. The van der Waals surface area contributed by atoms with Crippen molar-refractivity contribution in [2.45, 2.75) is 294 Å². The van der Waals surface area contributed by atoms with E-state index in [1.54, 1.807) is 63.5 Å². The SMILES string of the molecule is CC(C)(C)OC(=O)N1CCC[C@H]1C(=O)Cc1ccc([C@H]2CC[C@H](c3ccc(CC(=O)[C@@H]4CCCN4C(=O)OC(C)(C)C)c(N)c3)N2c2ccc(N3CCC(c4ccccc4)CC3)cc2)cc1N.CC(C)(C)OC(=O)N1CCC[C@H]1C(=O)Cc1ccc([C@H]2CC[C@H](c3ccc(CC(=O)[C@@H]4CCCN4C(=O)OC(C)(C)C)c([N+](=O)[O-])c3)N2c2ccc(N3CCC(c4ccccc4)CC3)cc2)cc1[N+](=O)[O-]. The molecule has 8 heterocycles. The summed E-state index contributed by atoms with van der Waals surface area (Å²) in [7, 11) is 0. The van der Waals surface area contributed by atoms with E-state index in [1.807, 2.05) is 96.1 Å². The third-order valence-corrected chi connectivity index (χ3v) is 28.3. The summed E-state index contributed by atoms with van der Waals surface area (Å²) in [5.74, 6) is 0.380. The monoisotopic (exact) mass is 1880 g/mol. The molecule has 0 aliphatic carbocycles. The number of nitrogen functional groups attached to an aromatic ring is 2. The number of nitrogens with two attached hydrogens (primary N) is 2. The van der Waals surface area contributed by atoms with Crippen LogP contribution in [-0.4, -0.2) is 176 Å². The second-order valence-corrected chi connectivity index (χ2v) is 42.5. The average molecular weight is 1880 g/mol. The van der Waals surface area contributed by atoms with Gasteiger partial charge < -0.3 is 50.0 Å². The molecular formula is C110H136N12O16. The third-order valence-electron chi connectivity index (χ3n) is 28.3. The van der Waals surface area contributed by atoms with Crippen molar-refractivity contribution in [1.29, 1.82) is 0 Å². The molecule has 16 rings (SSSR count). The van der Waals surface area contributed by atoms with Crippen LogP contribution in [0.3, 0.4) is 0 Å². The molecule has 8 aromatic rings. The molecular weight excluding hydrogens is 1750 g/mol. The van der Waals surface area contributed by atoms with Crippen molar-refractivity contribution < 1.29 is 67.2 Å². The van der Waals surface area contributed by atoms with Gasteiger partial charge in [-0.15, -0.1) is 0 Å². The van der Waals surface area contributed by atoms with Crippen LogP contribution in [0.5, 0.6) is 0 Å². The predicted octanol–water partition coefficient (Wildman–Crippen LogP) is 21.3. The maximum Gasteiger partial charge on any atom is 0.410 e. The molecule has 138 heavy (non-hydrogen) atoms. The number of benzene rings is 8. The summed E-state index contributed by atoms with van der Waals surface area (Å²) >= 11 is 0. The van der Waals surface area contributed by atoms with E-state index < -0.39 is 92.9 Å². The summed E-state index contributed by atoms with van der Waals surface area (Å²) in [5.41, 5.74) is 23.9. The summed E-state index contributed by atoms with van der Waals surface area (Å²) in [4.78, 5) is 147. The van der Waals surface area contributed by atoms with E-state index in [2.05, 4.69) is 123 Å². The van der Waals surface area contributed by atoms with E-state index in [9.17, 15) is 58.6 Å². The minimum Gasteiger partial charge on any atom is -0.444 e. The van der Waals surface area contributed by atoms with Crippen molar-refractivity contribution in [2.24, 2.45) is 0 Å². The summed E-state index contributed by atoms with van der Waals surface area (Å²) < 4.78 is 22.4. The standard InChI is InChI=1S/C55H66N6O10.C55H70N6O6/c1-54(2,3)70-52(64)57-28-10-14-46(57)50(62)34-40-18-16-38(32-48(40)60(66)67)44-24-25-45(59(44)43-22-20-42(21-23-43)56-30-26-37(27-31-56)36-12-8-7-9-13-36)39-17-19-41(49(33-39)61(68)69)35-51(63)47-15-11-29-58(47)53(65)71-55(4,5)6;1-54(2,3)66-52(64)59-28-10-14-48(59)50(62)34-38-16-18-40(32-44(38)56)46-24-25-47(61(46)43-22-20-42(21-23-43)58-30-26-37(27-31-58)36-12-8-7-9-13-36)41-19-17-39(45(57)33-41)35-51(63)49-15-11-29-60(49)53(65)67-55(4,5)6/h7-9,12-13,16-23,32-33,37,44-47H,10-11,14-15,24-31,34-35H2,1-6H3;7-9,12-13,16-23,32-33,37,46-49H,10-11,14-15,24-31,34-35,56-57H2,1-6H3/t44-,45-,46+,47+;46-,47-,48+,49+/m11/s1. The molecule has 28 heteroatoms. The Labute approximate surface area is 810 Å². The van der Waals surface area contributed by atoms with Gasteiger partial charge in [-0.3, -0.25) is 59.0 Å². The van der Waals surface area contributed by atoms with E-state index in [-0.39, 0.29) is 83.4 Å². The van der Waals surface area contributed by atoms with Crippen molar-refractivity contribution in [3.05, 3.63) is 258 Å². The van der Waals surface area contributed by atoms with Crippen LogP contribution < -0.4 is 31.1 Å². The second-order valence-electron chi connectivity index (χ2n) is 42.5. The first-order valence-corrected chi connectivity index (χ1v) is 49.4. The van der Waals surface area contributed by atoms with Gasteiger partial charge in [0.25, 0.3) is 11.4 Å². The first-order chi connectivity index (χ1) is 65.7. The zero-order valence-electron chi connectivity index (χ0n) is 82.1. The van der Waals surface area contributed by atoms with Gasteiger partial charge in [-0.25, -0.2) is 19.2 Å². The fourth-order valence-electron chi connectivity index (χ4n) is 21.7. The van der Waals surface area contributed by atoms with Gasteiger partial charge >= 0.3 is 24.4 Å². The van der Waals surface area contributed by atoms with E-state index in [1.165, 1.54) is 38.7 Å². The van der Waals surface area contributed by atoms with Gasteiger partial charge in [-0.2, -0.15) is 0 Å². The molecule has 8 saturated heterocycles. The summed E-state index contributed by atoms with van der Waals surface area (Å²) in [6.45, 7) is 27.0. The number of carbonyl (C=O) groups excluding carboxylic acids is 8. The van der Waals surface area contributed by atoms with Gasteiger partial charge in [0, 0.05) is 135 Å². The maximum atomic E-state index is 13.8. The minimum atomic E-state index is -0.753. The number of anilines is 6. The highest BCUT2D eigenvalue weighted by Gasteiger charge is 2.45. The number of nitrogens with zero attached hydrogens (tertiary/aromatic N) is 10. The molecule has 4 N–H and O–H groups in total. The predicted molar refractivity (Wildman–Crippen MR) is 535 cm³/mol. The molecule has 8 atom stereocenters. The zero-order valence-corrected chi connectivity index (χ0v) is 82.1. The van der Waals surface area contributed by atoms with Crippen molar-refractivity contribution >= 4 is 93.0 Å². The Morgan fingerprint density at radius 2 is 0.551 bits per heavy atom. The van der Waals surface area contributed by atoms with Gasteiger partial charge in [0.15, 0.2) is 23.1 Å². The summed E-state index contributed by atoms with van der Waals surface area (Å²) in [6, 6.07) is 57.4. The quantitative estimate of drug-likeness (QED) is 0.0246. The lowest BCUT2D eigenvalue weighted by Crippen LogP contribution is -2.43. The average Bonchev–Trinajstić information content (AvgIpc) is 1.60. The van der Waals surface area contributed by atoms with Crippen molar-refractivity contribution in [2.75, 3.05) is 83.4 Å². The van der Waals surface area contributed by atoms with Crippen LogP contribution >= 0.6 is 0 Å². The third kappa shape index (κ3) is 23.9. The van der Waals surface area contributed by atoms with Gasteiger partial charge in [-0.05, 0) is 303 Å². The Kier molecular flexibility index (Phi) is 30.5. The highest BCUT2D eigenvalue weighted by molar-refractivity contribution is 5.93. The van der Waals surface area contributed by atoms with Gasteiger partial charge in [0.2, 0.25) is 0 Å². The number of carbonyl (C=O) groups is 8. The summed E-state index contributed by atoms with van der Waals surface area (Å²) in [6.07, 6.45) is 9.60. The van der Waals surface area contributed by atoms with Gasteiger partial charge in [0.1, 0.15) is 22.4 Å². The molecule has 28 nitrogen and oxygen atoms in total. The number of nitro benzene ring substituents is 2. The fraction of sp³-hybridized carbons (Fsp3) is 0.491. The number of Topliss-reactive ketones (excluding diaryl/α,β-unsaturated/α-hetero) is 4. The Morgan fingerprint density at radius 1 is 0.304 bits per heavy atom. The zero-order chi connectivity index (χ0) is 98.4. The van der Waals surface area contributed by atoms with Crippen LogP contribution in [0.1, 0.15) is 277 Å². The molecule has 8 aliphatic rings. The number of nitro groups is 2. The lowest BCUT2D eigenvalue weighted by molar-refractivity contribution is -0.385. The van der Waals surface area contributed by atoms with Gasteiger partial charge in [-0.1, -0.05) is 109 Å². The molecule has 8 aromatic carbocycles. The number of piperidine rings is 2. The van der Waals surface area contributed by atoms with E-state index in [0.717, 1.165) is 117 Å². The van der Waals surface area contributed by atoms with Crippen LogP contribution in [0.4, 0.5) is 64.7 Å². The molecule has 8 fully saturated rings. The van der Waals surface area contributed by atoms with Crippen LogP contribution in [0.2, 0.25) is 0 Å². The second kappa shape index (κ2) is 42.2. The molecule has 0 spiro atoms. The van der Waals surface area contributed by atoms with Crippen LogP contribution in [0.25, 0.3) is 0 Å². The van der Waals surface area contributed by atoms with E-state index in [0.29, 0.717) is 112 Å². The Balaban J connectivity index is 0.000000210. The molecule has 0 aromatic heterocycles. The minimum absolute atomic E-state index is 0.0225. The molecule has 732 valence electrons. The number of hydrogen-bond acceptors (Lipinski definition) is 22. The Morgan fingerprint density at radius 3 is 0.804 bits per heavy atom. The first kappa shape index (κ1) is 99.6. The lowest BCUT2D eigenvalue weighted by atomic mass is 9.89. The molecule has 0 bridgehead atoms. The number of likely N-dealkylation sites (tertiary alicyclic amines) is 4. The number of ether oxygens (including phenoxy) is 4. The van der Waals surface area contributed by atoms with Gasteiger partial charge in [0.05, 0.1) is 58.2 Å². The summed E-state index contributed by atoms with van der Waals surface area (Å²) in [5, 5.41) is 25.6. The number of hydrogen-bond donors (Lipinski definition) is 2. The Hall–Kier alpha value is -12.9. The lowest BCUT2D eigenvalue weighted by Gasteiger charge is -2.36. The number of amides is 4. The number of rotatable bonds is 24. The fourth-order valence-corrected chi connectivity index (χ4v) is 21.7. The molecule has 0 unspecified atom stereocenters. The Bertz CT molecular complexity index is 5510. The smallest absolute Gasteiger partial charge is 0.410 e. The molecule has 0 saturated carbocycles. The van der Waals surface area contributed by atoms with E-state index >= 15 is 0 Å². The van der Waals surface area contributed by atoms with Crippen molar-refractivity contribution in [1.82, 2.24) is 19.6 Å². The van der Waals surface area contributed by atoms with Crippen LogP contribution in [0.15, 0.2) is 182 Å². The molecule has 0 radical (unpaired) electrons. The highest BCUT2D eigenvalue weighted by atomic mass is 16.6. The van der Waals surface area contributed by atoms with Crippen LogP contribution in [-0.2, 0) is 63.8 Å². The topological polar surface area (TPSA) is 338 Å². The number of ketones is 4.